The lowest BCUT2D eigenvalue weighted by Crippen LogP contribution is -2.44. The summed E-state index contributed by atoms with van der Waals surface area (Å²) in [5.74, 6) is -0.561. The van der Waals surface area contributed by atoms with E-state index in [0.29, 0.717) is 42.1 Å². The van der Waals surface area contributed by atoms with Gasteiger partial charge in [0.1, 0.15) is 5.75 Å². The van der Waals surface area contributed by atoms with Gasteiger partial charge in [0, 0.05) is 24.8 Å². The Morgan fingerprint density at radius 3 is 2.67 bits per heavy atom. The van der Waals surface area contributed by atoms with Crippen molar-refractivity contribution >= 4 is 33.2 Å². The van der Waals surface area contributed by atoms with Crippen molar-refractivity contribution < 1.29 is 22.7 Å². The minimum Gasteiger partial charge on any atom is -0.479 e. The van der Waals surface area contributed by atoms with Crippen LogP contribution < -0.4 is 15.4 Å². The summed E-state index contributed by atoms with van der Waals surface area (Å²) in [5.41, 5.74) is 2.85. The summed E-state index contributed by atoms with van der Waals surface area (Å²) in [6, 6.07) is 10.7. The van der Waals surface area contributed by atoms with Crippen LogP contribution >= 0.6 is 0 Å². The van der Waals surface area contributed by atoms with Crippen LogP contribution in [0.2, 0.25) is 0 Å². The lowest BCUT2D eigenvalue weighted by Gasteiger charge is -2.32. The summed E-state index contributed by atoms with van der Waals surface area (Å²) in [4.78, 5) is 24.8. The monoisotopic (exact) mass is 471 g/mol. The number of rotatable bonds is 5. The van der Waals surface area contributed by atoms with Crippen LogP contribution in [0.15, 0.2) is 41.3 Å². The number of aryl methyl sites for hydroxylation is 2. The number of carbonyl (C=O) groups is 2. The molecule has 2 amide bonds. The zero-order valence-corrected chi connectivity index (χ0v) is 19.9. The standard InChI is InChI=1S/C24H29N3O5S/c1-4-17-7-9-19(10-8-17)25-24(29)18-6-5-11-27(14-18)33(30,31)22-13-21-20(12-15(22)2)26-23(28)16(3)32-21/h7-10,12-13,16,18H,4-6,11,14H2,1-3H3,(H,25,29)(H,26,28)/t16-,18+/m0/s1. The second-order valence-electron chi connectivity index (χ2n) is 8.61. The first-order chi connectivity index (χ1) is 15.7. The molecule has 8 nitrogen and oxygen atoms in total. The topological polar surface area (TPSA) is 105 Å². The molecule has 176 valence electrons. The van der Waals surface area contributed by atoms with Gasteiger partial charge < -0.3 is 15.4 Å². The Morgan fingerprint density at radius 1 is 1.24 bits per heavy atom. The number of anilines is 2. The van der Waals surface area contributed by atoms with E-state index in [0.717, 1.165) is 6.42 Å². The quantitative estimate of drug-likeness (QED) is 0.696. The molecule has 2 aromatic rings. The van der Waals surface area contributed by atoms with Crippen molar-refractivity contribution in [3.8, 4) is 5.75 Å². The molecule has 0 radical (unpaired) electrons. The average molecular weight is 472 g/mol. The van der Waals surface area contributed by atoms with Gasteiger partial charge in [-0.3, -0.25) is 9.59 Å². The number of nitrogens with one attached hydrogen (secondary N) is 2. The third kappa shape index (κ3) is 4.74. The lowest BCUT2D eigenvalue weighted by atomic mass is 9.98. The van der Waals surface area contributed by atoms with Crippen LogP contribution in [0.5, 0.6) is 5.75 Å². The van der Waals surface area contributed by atoms with Gasteiger partial charge >= 0.3 is 0 Å². The van der Waals surface area contributed by atoms with Crippen molar-refractivity contribution in [1.82, 2.24) is 4.31 Å². The Bertz CT molecular complexity index is 1180. The van der Waals surface area contributed by atoms with Gasteiger partial charge in [-0.1, -0.05) is 19.1 Å². The molecule has 0 saturated carbocycles. The lowest BCUT2D eigenvalue weighted by molar-refractivity contribution is -0.123. The van der Waals surface area contributed by atoms with E-state index in [9.17, 15) is 18.0 Å². The minimum absolute atomic E-state index is 0.117. The molecule has 0 unspecified atom stereocenters. The summed E-state index contributed by atoms with van der Waals surface area (Å²) < 4.78 is 34.0. The van der Waals surface area contributed by atoms with Crippen molar-refractivity contribution in [2.45, 2.75) is 51.0 Å². The highest BCUT2D eigenvalue weighted by Gasteiger charge is 2.35. The third-order valence-corrected chi connectivity index (χ3v) is 8.22. The molecule has 0 aliphatic carbocycles. The minimum atomic E-state index is -3.84. The van der Waals surface area contributed by atoms with E-state index in [2.05, 4.69) is 17.6 Å². The van der Waals surface area contributed by atoms with Gasteiger partial charge in [-0.05, 0) is 62.4 Å². The molecule has 2 aliphatic rings. The SMILES string of the molecule is CCc1ccc(NC(=O)[C@@H]2CCCN(S(=O)(=O)c3cc4c(cc3C)NC(=O)[C@H](C)O4)C2)cc1. The van der Waals surface area contributed by atoms with Gasteiger partial charge in [0.2, 0.25) is 15.9 Å². The number of hydrogen-bond acceptors (Lipinski definition) is 5. The zero-order valence-electron chi connectivity index (χ0n) is 19.1. The average Bonchev–Trinajstić information content (AvgIpc) is 2.80. The molecular formula is C24H29N3O5S. The number of piperidine rings is 1. The highest BCUT2D eigenvalue weighted by molar-refractivity contribution is 7.89. The second-order valence-corrected chi connectivity index (χ2v) is 10.5. The maximum Gasteiger partial charge on any atom is 0.265 e. The second kappa shape index (κ2) is 9.15. The number of sulfonamides is 1. The Labute approximate surface area is 194 Å². The van der Waals surface area contributed by atoms with E-state index < -0.39 is 22.0 Å². The van der Waals surface area contributed by atoms with E-state index in [4.69, 9.17) is 4.74 Å². The molecule has 2 atom stereocenters. The molecule has 2 N–H and O–H groups in total. The van der Waals surface area contributed by atoms with Crippen LogP contribution in [0.25, 0.3) is 0 Å². The van der Waals surface area contributed by atoms with E-state index in [1.807, 2.05) is 24.3 Å². The molecule has 2 heterocycles. The maximum atomic E-state index is 13.5. The number of benzene rings is 2. The predicted molar refractivity (Wildman–Crippen MR) is 126 cm³/mol. The molecule has 2 aromatic carbocycles. The summed E-state index contributed by atoms with van der Waals surface area (Å²) in [6.45, 7) is 5.83. The molecule has 9 heteroatoms. The normalized spacial score (nSPS) is 21.0. The Kier molecular flexibility index (Phi) is 6.45. The number of ether oxygens (including phenoxy) is 1. The smallest absolute Gasteiger partial charge is 0.265 e. The largest absolute Gasteiger partial charge is 0.479 e. The van der Waals surface area contributed by atoms with Crippen LogP contribution in [0.1, 0.15) is 37.8 Å². The number of amides is 2. The van der Waals surface area contributed by atoms with Crippen molar-refractivity contribution in [2.75, 3.05) is 23.7 Å². The fourth-order valence-corrected chi connectivity index (χ4v) is 5.95. The van der Waals surface area contributed by atoms with Gasteiger partial charge in [0.05, 0.1) is 16.5 Å². The predicted octanol–water partition coefficient (Wildman–Crippen LogP) is 3.32. The molecule has 1 fully saturated rings. The Hall–Kier alpha value is -2.91. The molecular weight excluding hydrogens is 442 g/mol. The number of carbonyl (C=O) groups excluding carboxylic acids is 2. The first-order valence-corrected chi connectivity index (χ1v) is 12.6. The molecule has 33 heavy (non-hydrogen) atoms. The van der Waals surface area contributed by atoms with Crippen molar-refractivity contribution in [1.29, 1.82) is 0 Å². The van der Waals surface area contributed by atoms with Gasteiger partial charge in [-0.25, -0.2) is 8.42 Å². The zero-order chi connectivity index (χ0) is 23.8. The van der Waals surface area contributed by atoms with E-state index in [1.165, 1.54) is 15.9 Å². The number of nitrogens with zero attached hydrogens (tertiary/aromatic N) is 1. The van der Waals surface area contributed by atoms with Crippen LogP contribution in [-0.4, -0.2) is 43.7 Å². The number of hydrogen-bond donors (Lipinski definition) is 2. The first kappa shape index (κ1) is 23.3. The molecule has 4 rings (SSSR count). The summed E-state index contributed by atoms with van der Waals surface area (Å²) in [7, 11) is -3.84. The molecule has 0 aromatic heterocycles. The van der Waals surface area contributed by atoms with Crippen LogP contribution in [-0.2, 0) is 26.0 Å². The van der Waals surface area contributed by atoms with Gasteiger partial charge in [-0.2, -0.15) is 4.31 Å². The van der Waals surface area contributed by atoms with Gasteiger partial charge in [0.15, 0.2) is 6.10 Å². The molecule has 0 spiro atoms. The number of fused-ring (bicyclic) bond motifs is 1. The summed E-state index contributed by atoms with van der Waals surface area (Å²) >= 11 is 0. The van der Waals surface area contributed by atoms with Crippen molar-refractivity contribution in [2.24, 2.45) is 5.92 Å². The molecule has 2 aliphatic heterocycles. The molecule has 1 saturated heterocycles. The highest BCUT2D eigenvalue weighted by Crippen LogP contribution is 2.36. The van der Waals surface area contributed by atoms with Crippen LogP contribution in [0.3, 0.4) is 0 Å². The van der Waals surface area contributed by atoms with E-state index in [-0.39, 0.29) is 23.3 Å². The Morgan fingerprint density at radius 2 is 1.97 bits per heavy atom. The Balaban J connectivity index is 1.52. The van der Waals surface area contributed by atoms with Crippen molar-refractivity contribution in [3.05, 3.63) is 47.5 Å². The van der Waals surface area contributed by atoms with Crippen LogP contribution in [0.4, 0.5) is 11.4 Å². The maximum absolute atomic E-state index is 13.5. The third-order valence-electron chi connectivity index (χ3n) is 6.21. The van der Waals surface area contributed by atoms with E-state index in [1.54, 1.807) is 19.9 Å². The first-order valence-electron chi connectivity index (χ1n) is 11.2. The van der Waals surface area contributed by atoms with Gasteiger partial charge in [-0.15, -0.1) is 0 Å². The van der Waals surface area contributed by atoms with Crippen molar-refractivity contribution in [3.63, 3.8) is 0 Å². The van der Waals surface area contributed by atoms with E-state index >= 15 is 0 Å². The van der Waals surface area contributed by atoms with Crippen LogP contribution in [0, 0.1) is 12.8 Å². The highest BCUT2D eigenvalue weighted by atomic mass is 32.2. The summed E-state index contributed by atoms with van der Waals surface area (Å²) in [6.07, 6.45) is 1.44. The summed E-state index contributed by atoms with van der Waals surface area (Å²) in [5, 5.41) is 5.65. The fourth-order valence-electron chi connectivity index (χ4n) is 4.20. The van der Waals surface area contributed by atoms with Gasteiger partial charge in [0.25, 0.3) is 5.91 Å². The fraction of sp³-hybridized carbons (Fsp3) is 0.417. The molecule has 0 bridgehead atoms.